The lowest BCUT2D eigenvalue weighted by atomic mass is 10.0. The molecule has 1 aromatic carbocycles. The molecule has 1 aliphatic carbocycles. The van der Waals surface area contributed by atoms with Crippen molar-refractivity contribution < 1.29 is 4.79 Å². The van der Waals surface area contributed by atoms with Crippen molar-refractivity contribution in [3.05, 3.63) is 38.9 Å². The van der Waals surface area contributed by atoms with E-state index in [4.69, 9.17) is 5.73 Å². The highest BCUT2D eigenvalue weighted by Gasteiger charge is 2.22. The Hall–Kier alpha value is -1.09. The Balaban J connectivity index is 2.71. The third-order valence-electron chi connectivity index (χ3n) is 2.98. The Morgan fingerprint density at radius 2 is 2.07 bits per heavy atom. The first-order valence-electron chi connectivity index (χ1n) is 4.80. The molecule has 0 unspecified atom stereocenters. The molecule has 2 rings (SSSR count). The minimum Gasteiger partial charge on any atom is -0.366 e. The summed E-state index contributed by atoms with van der Waals surface area (Å²) >= 11 is 3.51. The summed E-state index contributed by atoms with van der Waals surface area (Å²) in [6.07, 6.45) is 0.832. The summed E-state index contributed by atoms with van der Waals surface area (Å²) in [5.41, 5.74) is 10.8. The molecule has 0 saturated carbocycles. The average molecular weight is 266 g/mol. The molecule has 78 valence electrons. The lowest BCUT2D eigenvalue weighted by molar-refractivity contribution is 0.0999. The van der Waals surface area contributed by atoms with Gasteiger partial charge in [0, 0.05) is 10.0 Å². The zero-order valence-electron chi connectivity index (χ0n) is 8.73. The Morgan fingerprint density at radius 1 is 1.40 bits per heavy atom. The van der Waals surface area contributed by atoms with Gasteiger partial charge in [0.25, 0.3) is 0 Å². The predicted molar refractivity (Wildman–Crippen MR) is 64.6 cm³/mol. The van der Waals surface area contributed by atoms with Gasteiger partial charge in [0.15, 0.2) is 0 Å². The summed E-state index contributed by atoms with van der Waals surface area (Å²) in [6.45, 7) is 4.17. The zero-order chi connectivity index (χ0) is 11.2. The number of hydrogen-bond acceptors (Lipinski definition) is 1. The minimum absolute atomic E-state index is 0.346. The van der Waals surface area contributed by atoms with Crippen molar-refractivity contribution in [2.45, 2.75) is 20.3 Å². The van der Waals surface area contributed by atoms with Gasteiger partial charge in [-0.25, -0.2) is 0 Å². The molecule has 3 heteroatoms. The highest BCUT2D eigenvalue weighted by Crippen LogP contribution is 2.38. The molecule has 0 aromatic heterocycles. The van der Waals surface area contributed by atoms with Crippen LogP contribution in [0.2, 0.25) is 0 Å². The average Bonchev–Trinajstić information content (AvgIpc) is 2.44. The largest absolute Gasteiger partial charge is 0.366 e. The fourth-order valence-electron chi connectivity index (χ4n) is 2.05. The van der Waals surface area contributed by atoms with Crippen molar-refractivity contribution in [2.75, 3.05) is 0 Å². The third kappa shape index (κ3) is 1.51. The van der Waals surface area contributed by atoms with Crippen LogP contribution in [0.3, 0.4) is 0 Å². The molecule has 0 heterocycles. The van der Waals surface area contributed by atoms with Crippen molar-refractivity contribution >= 4 is 27.4 Å². The number of benzene rings is 1. The molecular formula is C12H12BrNO. The summed E-state index contributed by atoms with van der Waals surface area (Å²) in [5.74, 6) is -0.346. The molecular weight excluding hydrogens is 254 g/mol. The summed E-state index contributed by atoms with van der Waals surface area (Å²) < 4.78 is 1.04. The lowest BCUT2D eigenvalue weighted by Gasteiger charge is -2.08. The number of allylic oxidation sites excluding steroid dienone is 2. The van der Waals surface area contributed by atoms with Crippen LogP contribution in [0.5, 0.6) is 0 Å². The number of rotatable bonds is 1. The summed E-state index contributed by atoms with van der Waals surface area (Å²) in [4.78, 5) is 11.3. The molecule has 2 nitrogen and oxygen atoms in total. The number of nitrogens with two attached hydrogens (primary N) is 1. The second-order valence-electron chi connectivity index (χ2n) is 3.89. The molecule has 0 atom stereocenters. The van der Waals surface area contributed by atoms with E-state index in [2.05, 4.69) is 29.8 Å². The number of primary amides is 1. The van der Waals surface area contributed by atoms with Gasteiger partial charge in [0.05, 0.1) is 0 Å². The first-order valence-corrected chi connectivity index (χ1v) is 5.59. The molecule has 1 aromatic rings. The molecule has 0 spiro atoms. The van der Waals surface area contributed by atoms with Gasteiger partial charge < -0.3 is 5.73 Å². The van der Waals surface area contributed by atoms with Gasteiger partial charge in [-0.05, 0) is 49.1 Å². The monoisotopic (exact) mass is 265 g/mol. The normalized spacial score (nSPS) is 14.3. The van der Waals surface area contributed by atoms with E-state index in [-0.39, 0.29) is 5.91 Å². The van der Waals surface area contributed by atoms with Crippen LogP contribution >= 0.6 is 15.9 Å². The van der Waals surface area contributed by atoms with E-state index in [1.807, 2.05) is 6.07 Å². The first-order chi connectivity index (χ1) is 7.02. The molecule has 0 aliphatic heterocycles. The van der Waals surface area contributed by atoms with Gasteiger partial charge in [-0.15, -0.1) is 0 Å². The van der Waals surface area contributed by atoms with Gasteiger partial charge >= 0.3 is 0 Å². The van der Waals surface area contributed by atoms with Gasteiger partial charge in [-0.2, -0.15) is 0 Å². The number of halogens is 1. The molecule has 0 fully saturated rings. The Kier molecular flexibility index (Phi) is 2.43. The van der Waals surface area contributed by atoms with Crippen LogP contribution in [0.25, 0.3) is 5.57 Å². The van der Waals surface area contributed by atoms with Crippen molar-refractivity contribution in [3.8, 4) is 0 Å². The van der Waals surface area contributed by atoms with Crippen molar-refractivity contribution in [2.24, 2.45) is 5.73 Å². The second-order valence-corrected chi connectivity index (χ2v) is 4.75. The minimum atomic E-state index is -0.346. The molecule has 0 saturated heterocycles. The maximum atomic E-state index is 11.3. The maximum Gasteiger partial charge on any atom is 0.249 e. The van der Waals surface area contributed by atoms with Crippen LogP contribution in [-0.4, -0.2) is 5.91 Å². The van der Waals surface area contributed by atoms with E-state index in [0.29, 0.717) is 5.56 Å². The molecule has 0 bridgehead atoms. The second kappa shape index (κ2) is 3.49. The van der Waals surface area contributed by atoms with E-state index in [0.717, 1.165) is 22.0 Å². The highest BCUT2D eigenvalue weighted by molar-refractivity contribution is 9.10. The van der Waals surface area contributed by atoms with Crippen LogP contribution in [0.15, 0.2) is 22.2 Å². The topological polar surface area (TPSA) is 43.1 Å². The van der Waals surface area contributed by atoms with Crippen molar-refractivity contribution in [3.63, 3.8) is 0 Å². The van der Waals surface area contributed by atoms with E-state index < -0.39 is 0 Å². The quantitative estimate of drug-likeness (QED) is 0.834. The SMILES string of the molecule is CC1=C(C)c2c(Br)ccc(C(N)=O)c2C1. The molecule has 2 N–H and O–H groups in total. The van der Waals surface area contributed by atoms with Crippen LogP contribution < -0.4 is 5.73 Å². The molecule has 15 heavy (non-hydrogen) atoms. The molecule has 1 amide bonds. The van der Waals surface area contributed by atoms with Gasteiger partial charge in [0.1, 0.15) is 0 Å². The Morgan fingerprint density at radius 3 is 2.67 bits per heavy atom. The molecule has 0 radical (unpaired) electrons. The van der Waals surface area contributed by atoms with E-state index in [1.165, 1.54) is 11.1 Å². The summed E-state index contributed by atoms with van der Waals surface area (Å²) in [5, 5.41) is 0. The van der Waals surface area contributed by atoms with E-state index >= 15 is 0 Å². The third-order valence-corrected chi connectivity index (χ3v) is 3.65. The predicted octanol–water partition coefficient (Wildman–Crippen LogP) is 2.90. The number of hydrogen-bond donors (Lipinski definition) is 1. The van der Waals surface area contributed by atoms with Gasteiger partial charge in [-0.1, -0.05) is 21.5 Å². The van der Waals surface area contributed by atoms with Crippen molar-refractivity contribution in [1.82, 2.24) is 0 Å². The number of amides is 1. The maximum absolute atomic E-state index is 11.3. The van der Waals surface area contributed by atoms with Gasteiger partial charge in [0.2, 0.25) is 5.91 Å². The van der Waals surface area contributed by atoms with E-state index in [9.17, 15) is 4.79 Å². The van der Waals surface area contributed by atoms with E-state index in [1.54, 1.807) is 6.07 Å². The highest BCUT2D eigenvalue weighted by atomic mass is 79.9. The van der Waals surface area contributed by atoms with Gasteiger partial charge in [-0.3, -0.25) is 4.79 Å². The molecule has 1 aliphatic rings. The standard InChI is InChI=1S/C12H12BrNO/c1-6-5-9-8(12(14)15)3-4-10(13)11(9)7(6)2/h3-4H,5H2,1-2H3,(H2,14,15). The number of carbonyl (C=O) groups excluding carboxylic acids is 1. The number of carbonyl (C=O) groups is 1. The fraction of sp³-hybridized carbons (Fsp3) is 0.250. The lowest BCUT2D eigenvalue weighted by Crippen LogP contribution is -2.14. The smallest absolute Gasteiger partial charge is 0.249 e. The van der Waals surface area contributed by atoms with Crippen LogP contribution in [0.4, 0.5) is 0 Å². The fourth-order valence-corrected chi connectivity index (χ4v) is 2.72. The summed E-state index contributed by atoms with van der Waals surface area (Å²) in [7, 11) is 0. The Labute approximate surface area is 97.3 Å². The number of fused-ring (bicyclic) bond motifs is 1. The summed E-state index contributed by atoms with van der Waals surface area (Å²) in [6, 6.07) is 3.68. The van der Waals surface area contributed by atoms with Crippen LogP contribution in [0.1, 0.15) is 35.3 Å². The van der Waals surface area contributed by atoms with Crippen LogP contribution in [-0.2, 0) is 6.42 Å². The first kappa shape index (κ1) is 10.4. The van der Waals surface area contributed by atoms with Crippen molar-refractivity contribution in [1.29, 1.82) is 0 Å². The van der Waals surface area contributed by atoms with Crippen LogP contribution in [0, 0.1) is 0 Å². The zero-order valence-corrected chi connectivity index (χ0v) is 10.3. The Bertz CT molecular complexity index is 489.